The zero-order chi connectivity index (χ0) is 22.7. The van der Waals surface area contributed by atoms with E-state index in [-0.39, 0.29) is 12.1 Å². The molecule has 2 atom stereocenters. The molecule has 30 heavy (non-hydrogen) atoms. The van der Waals surface area contributed by atoms with E-state index in [0.717, 1.165) is 30.4 Å². The number of halogens is 2. The van der Waals surface area contributed by atoms with Gasteiger partial charge in [0, 0.05) is 12.1 Å². The first-order valence-corrected chi connectivity index (χ1v) is 15.7. The van der Waals surface area contributed by atoms with E-state index in [9.17, 15) is 0 Å². The minimum atomic E-state index is -0.0721. The summed E-state index contributed by atoms with van der Waals surface area (Å²) in [5, 5.41) is 4.75. The van der Waals surface area contributed by atoms with Crippen LogP contribution in [0.4, 0.5) is 0 Å². The fraction of sp³-hybridized carbons (Fsp3) is 0.500. The standard InChI is InChI=1S/C24H36N3.2BrH.Co/c1-6-18-12-19(7-2)24(20(8-3)13-18)22(26)15-27-14-21(25)23-16(4)10-9-11-17(23)5;;;/h9-13,21-22H,6-8,14-15,25-26H2,1-5H3;2*1H;/q-1;;;+3/p-2. The van der Waals surface area contributed by atoms with Gasteiger partial charge in [-0.2, -0.15) is 0 Å². The van der Waals surface area contributed by atoms with Gasteiger partial charge in [-0.05, 0) is 72.1 Å². The van der Waals surface area contributed by atoms with Crippen molar-refractivity contribution in [2.75, 3.05) is 13.1 Å². The quantitative estimate of drug-likeness (QED) is 0.342. The summed E-state index contributed by atoms with van der Waals surface area (Å²) in [5.74, 6) is 0. The molecule has 2 aromatic rings. The first-order chi connectivity index (χ1) is 14.3. The molecule has 2 unspecified atom stereocenters. The summed E-state index contributed by atoms with van der Waals surface area (Å²) < 4.78 is 0. The Kier molecular flexibility index (Phi) is 13.7. The van der Waals surface area contributed by atoms with Crippen LogP contribution < -0.4 is 11.5 Å². The normalized spacial score (nSPS) is 13.0. The number of nitrogens with zero attached hydrogens (tertiary/aromatic N) is 1. The van der Waals surface area contributed by atoms with Gasteiger partial charge in [-0.25, -0.2) is 0 Å². The van der Waals surface area contributed by atoms with E-state index in [1.54, 1.807) is 0 Å². The zero-order valence-corrected chi connectivity index (χ0v) is 23.0. The SMILES string of the molecule is CCc1cc(CC)c(C(N)C[N-]CC(N)c2c(C)cccc2C)c(CC)c1.[Br][Co+][Br]. The molecule has 3 nitrogen and oxygen atoms in total. The molecule has 0 aromatic heterocycles. The van der Waals surface area contributed by atoms with Gasteiger partial charge >= 0.3 is 39.5 Å². The average molecular weight is 585 g/mol. The molecule has 0 spiro atoms. The van der Waals surface area contributed by atoms with Gasteiger partial charge in [0.25, 0.3) is 0 Å². The number of benzene rings is 2. The Hall–Kier alpha value is -0.214. The number of nitrogens with two attached hydrogens (primary N) is 2. The van der Waals surface area contributed by atoms with Crippen LogP contribution in [-0.2, 0) is 30.4 Å². The molecule has 0 saturated heterocycles. The van der Waals surface area contributed by atoms with E-state index in [4.69, 9.17) is 16.8 Å². The molecule has 170 valence electrons. The van der Waals surface area contributed by atoms with Crippen LogP contribution in [0, 0.1) is 13.8 Å². The van der Waals surface area contributed by atoms with E-state index < -0.39 is 0 Å². The first-order valence-electron chi connectivity index (χ1n) is 10.5. The Labute approximate surface area is 203 Å². The number of aryl methyl sites for hydroxylation is 5. The van der Waals surface area contributed by atoms with Gasteiger partial charge in [0.2, 0.25) is 0 Å². The molecule has 0 aliphatic carbocycles. The summed E-state index contributed by atoms with van der Waals surface area (Å²) in [4.78, 5) is 0. The van der Waals surface area contributed by atoms with Crippen molar-refractivity contribution in [1.29, 1.82) is 0 Å². The van der Waals surface area contributed by atoms with E-state index in [2.05, 4.69) is 93.3 Å². The summed E-state index contributed by atoms with van der Waals surface area (Å²) in [6, 6.07) is 10.8. The van der Waals surface area contributed by atoms with Crippen LogP contribution >= 0.6 is 28.3 Å². The predicted octanol–water partition coefficient (Wildman–Crippen LogP) is 6.75. The third kappa shape index (κ3) is 8.04. The summed E-state index contributed by atoms with van der Waals surface area (Å²) >= 11 is 7.12. The van der Waals surface area contributed by atoms with Crippen LogP contribution in [0.15, 0.2) is 30.3 Å². The van der Waals surface area contributed by atoms with E-state index in [0.29, 0.717) is 13.1 Å². The second-order valence-corrected chi connectivity index (χ2v) is 12.8. The summed E-state index contributed by atoms with van der Waals surface area (Å²) in [5.41, 5.74) is 22.1. The van der Waals surface area contributed by atoms with E-state index >= 15 is 0 Å². The van der Waals surface area contributed by atoms with Crippen molar-refractivity contribution in [2.45, 2.75) is 66.0 Å². The van der Waals surface area contributed by atoms with Crippen molar-refractivity contribution in [3.8, 4) is 0 Å². The van der Waals surface area contributed by atoms with Gasteiger partial charge in [-0.3, -0.25) is 0 Å². The van der Waals surface area contributed by atoms with Gasteiger partial charge in [-0.1, -0.05) is 51.1 Å². The van der Waals surface area contributed by atoms with Crippen LogP contribution in [-0.4, -0.2) is 13.1 Å². The summed E-state index contributed by atoms with van der Waals surface area (Å²) in [6.45, 7) is 12.1. The van der Waals surface area contributed by atoms with Crippen LogP contribution in [0.1, 0.15) is 71.8 Å². The minimum absolute atomic E-state index is 0.0639. The maximum absolute atomic E-state index is 6.59. The molecule has 0 aliphatic rings. The van der Waals surface area contributed by atoms with Crippen LogP contribution in [0.5, 0.6) is 0 Å². The Morgan fingerprint density at radius 1 is 0.833 bits per heavy atom. The average Bonchev–Trinajstić information content (AvgIpc) is 2.72. The van der Waals surface area contributed by atoms with Gasteiger partial charge in [0.15, 0.2) is 0 Å². The van der Waals surface area contributed by atoms with E-state index in [1.807, 2.05) is 0 Å². The van der Waals surface area contributed by atoms with Gasteiger partial charge < -0.3 is 16.8 Å². The maximum atomic E-state index is 6.59. The molecule has 0 saturated carbocycles. The third-order valence-corrected chi connectivity index (χ3v) is 5.52. The molecule has 0 bridgehead atoms. The Balaban J connectivity index is 0.00000141. The summed E-state index contributed by atoms with van der Waals surface area (Å²) in [7, 11) is 0. The molecular weight excluding hydrogens is 549 g/mol. The monoisotopic (exact) mass is 583 g/mol. The molecule has 2 aromatic carbocycles. The van der Waals surface area contributed by atoms with Crippen molar-refractivity contribution in [3.63, 3.8) is 0 Å². The van der Waals surface area contributed by atoms with Gasteiger partial charge in [0.05, 0.1) is 0 Å². The fourth-order valence-electron chi connectivity index (χ4n) is 4.06. The van der Waals surface area contributed by atoms with E-state index in [1.165, 1.54) is 38.9 Å². The summed E-state index contributed by atoms with van der Waals surface area (Å²) in [6.07, 6.45) is 3.07. The Bertz CT molecular complexity index is 738. The number of rotatable bonds is 9. The van der Waals surface area contributed by atoms with Crippen molar-refractivity contribution < 1.29 is 11.1 Å². The van der Waals surface area contributed by atoms with Crippen LogP contribution in [0.25, 0.3) is 5.32 Å². The molecule has 0 heterocycles. The molecule has 0 aliphatic heterocycles. The predicted molar refractivity (Wildman–Crippen MR) is 135 cm³/mol. The molecule has 2 rings (SSSR count). The van der Waals surface area contributed by atoms with Crippen molar-refractivity contribution >= 4 is 28.3 Å². The van der Waals surface area contributed by atoms with Gasteiger partial charge in [-0.15, -0.1) is 13.1 Å². The first kappa shape index (κ1) is 27.8. The van der Waals surface area contributed by atoms with Crippen LogP contribution in [0.3, 0.4) is 0 Å². The zero-order valence-electron chi connectivity index (χ0n) is 18.8. The fourth-order valence-corrected chi connectivity index (χ4v) is 4.06. The third-order valence-electron chi connectivity index (χ3n) is 5.52. The van der Waals surface area contributed by atoms with Crippen LogP contribution in [0.2, 0.25) is 0 Å². The van der Waals surface area contributed by atoms with Crippen molar-refractivity contribution in [3.05, 3.63) is 74.6 Å². The molecule has 6 heteroatoms. The second-order valence-electron chi connectivity index (χ2n) is 7.54. The Morgan fingerprint density at radius 2 is 1.27 bits per heavy atom. The van der Waals surface area contributed by atoms with Crippen molar-refractivity contribution in [2.24, 2.45) is 11.5 Å². The molecule has 0 fully saturated rings. The molecule has 0 radical (unpaired) electrons. The van der Waals surface area contributed by atoms with Gasteiger partial charge in [0.1, 0.15) is 0 Å². The van der Waals surface area contributed by atoms with Crippen molar-refractivity contribution in [1.82, 2.24) is 0 Å². The molecule has 0 amide bonds. The number of hydrogen-bond acceptors (Lipinski definition) is 2. The number of hydrogen-bond donors (Lipinski definition) is 2. The second kappa shape index (κ2) is 14.8. The molecule has 4 N–H and O–H groups in total. The molecular formula is C24H36Br2CoN3. The topological polar surface area (TPSA) is 66.1 Å². The Morgan fingerprint density at radius 3 is 1.67 bits per heavy atom.